The van der Waals surface area contributed by atoms with Gasteiger partial charge in [-0.05, 0) is 43.0 Å². The molecule has 1 saturated heterocycles. The van der Waals surface area contributed by atoms with Crippen molar-refractivity contribution in [3.05, 3.63) is 34.9 Å². The zero-order valence-electron chi connectivity index (χ0n) is 9.17. The van der Waals surface area contributed by atoms with Crippen molar-refractivity contribution in [3.63, 3.8) is 0 Å². The predicted molar refractivity (Wildman–Crippen MR) is 58.2 cm³/mol. The lowest BCUT2D eigenvalue weighted by Crippen LogP contribution is -2.28. The standard InChI is InChI=1S/C12H13F2NO2/c13-10-5-8(7-2-1-3-15-6-7)4-9(11(10)14)12(16)17/h4-5,7,15H,1-3,6H2,(H,16,17). The van der Waals surface area contributed by atoms with E-state index >= 15 is 0 Å². The van der Waals surface area contributed by atoms with Crippen molar-refractivity contribution in [1.29, 1.82) is 0 Å². The van der Waals surface area contributed by atoms with Crippen molar-refractivity contribution >= 4 is 5.97 Å². The minimum absolute atomic E-state index is 0.0527. The molecular formula is C12H13F2NO2. The molecule has 1 fully saturated rings. The Morgan fingerprint density at radius 1 is 1.41 bits per heavy atom. The summed E-state index contributed by atoms with van der Waals surface area (Å²) in [6.45, 7) is 1.58. The average Bonchev–Trinajstić information content (AvgIpc) is 2.33. The summed E-state index contributed by atoms with van der Waals surface area (Å²) in [7, 11) is 0. The van der Waals surface area contributed by atoms with Gasteiger partial charge in [0.15, 0.2) is 11.6 Å². The lowest BCUT2D eigenvalue weighted by atomic mass is 9.90. The monoisotopic (exact) mass is 241 g/mol. The van der Waals surface area contributed by atoms with E-state index in [9.17, 15) is 13.6 Å². The molecule has 0 saturated carbocycles. The number of piperidine rings is 1. The largest absolute Gasteiger partial charge is 0.478 e. The van der Waals surface area contributed by atoms with Crippen molar-refractivity contribution in [2.45, 2.75) is 18.8 Å². The van der Waals surface area contributed by atoms with Gasteiger partial charge < -0.3 is 10.4 Å². The van der Waals surface area contributed by atoms with Crippen LogP contribution < -0.4 is 5.32 Å². The highest BCUT2D eigenvalue weighted by Gasteiger charge is 2.21. The quantitative estimate of drug-likeness (QED) is 0.834. The van der Waals surface area contributed by atoms with Gasteiger partial charge in [0.25, 0.3) is 0 Å². The Morgan fingerprint density at radius 3 is 2.76 bits per heavy atom. The van der Waals surface area contributed by atoms with Gasteiger partial charge in [-0.15, -0.1) is 0 Å². The van der Waals surface area contributed by atoms with E-state index in [1.807, 2.05) is 0 Å². The minimum atomic E-state index is -1.44. The summed E-state index contributed by atoms with van der Waals surface area (Å²) >= 11 is 0. The summed E-state index contributed by atoms with van der Waals surface area (Å²) in [6.07, 6.45) is 1.81. The Morgan fingerprint density at radius 2 is 2.18 bits per heavy atom. The number of carboxylic acids is 1. The Labute approximate surface area is 97.5 Å². The van der Waals surface area contributed by atoms with Crippen molar-refractivity contribution in [1.82, 2.24) is 5.32 Å². The van der Waals surface area contributed by atoms with Crippen LogP contribution >= 0.6 is 0 Å². The fourth-order valence-corrected chi connectivity index (χ4v) is 2.14. The number of nitrogens with one attached hydrogen (secondary N) is 1. The van der Waals surface area contributed by atoms with E-state index in [-0.39, 0.29) is 5.92 Å². The van der Waals surface area contributed by atoms with Gasteiger partial charge in [-0.2, -0.15) is 0 Å². The molecule has 1 aromatic rings. The molecule has 1 unspecified atom stereocenters. The molecule has 0 aromatic heterocycles. The molecule has 17 heavy (non-hydrogen) atoms. The molecule has 92 valence electrons. The van der Waals surface area contributed by atoms with Gasteiger partial charge in [0.1, 0.15) is 0 Å². The van der Waals surface area contributed by atoms with Crippen LogP contribution in [0.3, 0.4) is 0 Å². The topological polar surface area (TPSA) is 49.3 Å². The van der Waals surface area contributed by atoms with Crippen LogP contribution in [0, 0.1) is 11.6 Å². The molecule has 3 nitrogen and oxygen atoms in total. The van der Waals surface area contributed by atoms with Crippen molar-refractivity contribution in [2.24, 2.45) is 0 Å². The van der Waals surface area contributed by atoms with Crippen LogP contribution in [0.5, 0.6) is 0 Å². The van der Waals surface area contributed by atoms with E-state index in [2.05, 4.69) is 5.32 Å². The first kappa shape index (κ1) is 12.0. The lowest BCUT2D eigenvalue weighted by Gasteiger charge is -2.23. The normalized spacial score (nSPS) is 20.2. The van der Waals surface area contributed by atoms with E-state index < -0.39 is 23.2 Å². The van der Waals surface area contributed by atoms with E-state index in [0.29, 0.717) is 12.1 Å². The SMILES string of the molecule is O=C(O)c1cc(C2CCCNC2)cc(F)c1F. The Kier molecular flexibility index (Phi) is 3.38. The minimum Gasteiger partial charge on any atom is -0.478 e. The molecule has 0 amide bonds. The van der Waals surface area contributed by atoms with Crippen molar-refractivity contribution < 1.29 is 18.7 Å². The van der Waals surface area contributed by atoms with Crippen molar-refractivity contribution in [3.8, 4) is 0 Å². The number of carbonyl (C=O) groups is 1. The number of aromatic carboxylic acids is 1. The average molecular weight is 241 g/mol. The molecule has 2 rings (SSSR count). The highest BCUT2D eigenvalue weighted by atomic mass is 19.2. The zero-order valence-corrected chi connectivity index (χ0v) is 9.17. The first-order valence-corrected chi connectivity index (χ1v) is 5.52. The molecule has 1 aliphatic rings. The van der Waals surface area contributed by atoms with Gasteiger partial charge in [-0.25, -0.2) is 13.6 Å². The van der Waals surface area contributed by atoms with Crippen LogP contribution in [0.1, 0.15) is 34.7 Å². The third kappa shape index (κ3) is 2.44. The number of halogens is 2. The molecule has 0 bridgehead atoms. The Hall–Kier alpha value is -1.49. The molecule has 0 aliphatic carbocycles. The number of carboxylic acid groups (broad SMARTS) is 1. The Balaban J connectivity index is 2.37. The van der Waals surface area contributed by atoms with Gasteiger partial charge in [-0.1, -0.05) is 0 Å². The fourth-order valence-electron chi connectivity index (χ4n) is 2.14. The Bertz CT molecular complexity index is 442. The van der Waals surface area contributed by atoms with Crippen LogP contribution in [-0.4, -0.2) is 24.2 Å². The van der Waals surface area contributed by atoms with E-state index in [4.69, 9.17) is 5.11 Å². The molecule has 1 atom stereocenters. The third-order valence-electron chi connectivity index (χ3n) is 3.05. The molecule has 0 radical (unpaired) electrons. The summed E-state index contributed by atoms with van der Waals surface area (Å²) in [5.74, 6) is -3.76. The first-order valence-electron chi connectivity index (χ1n) is 5.52. The van der Waals surface area contributed by atoms with Crippen LogP contribution in [0.15, 0.2) is 12.1 Å². The first-order chi connectivity index (χ1) is 8.09. The fraction of sp³-hybridized carbons (Fsp3) is 0.417. The zero-order chi connectivity index (χ0) is 12.4. The number of benzene rings is 1. The van der Waals surface area contributed by atoms with Gasteiger partial charge in [-0.3, -0.25) is 0 Å². The molecular weight excluding hydrogens is 228 g/mol. The second-order valence-electron chi connectivity index (χ2n) is 4.21. The molecule has 5 heteroatoms. The molecule has 1 aliphatic heterocycles. The summed E-state index contributed by atoms with van der Waals surface area (Å²) in [5.41, 5.74) is -0.0425. The molecule has 1 heterocycles. The number of hydrogen-bond donors (Lipinski definition) is 2. The summed E-state index contributed by atoms with van der Waals surface area (Å²) in [6, 6.07) is 2.33. The highest BCUT2D eigenvalue weighted by Crippen LogP contribution is 2.26. The number of rotatable bonds is 2. The van der Waals surface area contributed by atoms with E-state index in [1.54, 1.807) is 0 Å². The van der Waals surface area contributed by atoms with Gasteiger partial charge in [0.05, 0.1) is 5.56 Å². The smallest absolute Gasteiger partial charge is 0.338 e. The predicted octanol–water partition coefficient (Wildman–Crippen LogP) is 2.13. The number of hydrogen-bond acceptors (Lipinski definition) is 2. The van der Waals surface area contributed by atoms with Crippen molar-refractivity contribution in [2.75, 3.05) is 13.1 Å². The summed E-state index contributed by atoms with van der Waals surface area (Å²) < 4.78 is 26.5. The van der Waals surface area contributed by atoms with E-state index in [1.165, 1.54) is 6.07 Å². The summed E-state index contributed by atoms with van der Waals surface area (Å²) in [4.78, 5) is 10.8. The maximum absolute atomic E-state index is 13.3. The van der Waals surface area contributed by atoms with Crippen LogP contribution in [0.25, 0.3) is 0 Å². The third-order valence-corrected chi connectivity index (χ3v) is 3.05. The molecule has 0 spiro atoms. The molecule has 1 aromatic carbocycles. The van der Waals surface area contributed by atoms with Crippen LogP contribution in [-0.2, 0) is 0 Å². The van der Waals surface area contributed by atoms with Gasteiger partial charge >= 0.3 is 5.97 Å². The second kappa shape index (κ2) is 4.79. The van der Waals surface area contributed by atoms with Gasteiger partial charge in [0.2, 0.25) is 0 Å². The van der Waals surface area contributed by atoms with E-state index in [0.717, 1.165) is 25.5 Å². The van der Waals surface area contributed by atoms with Crippen LogP contribution in [0.4, 0.5) is 8.78 Å². The molecule has 2 N–H and O–H groups in total. The highest BCUT2D eigenvalue weighted by molar-refractivity contribution is 5.88. The maximum atomic E-state index is 13.3. The second-order valence-corrected chi connectivity index (χ2v) is 4.21. The summed E-state index contributed by atoms with van der Waals surface area (Å²) in [5, 5.41) is 11.9. The van der Waals surface area contributed by atoms with Gasteiger partial charge in [0, 0.05) is 6.54 Å². The maximum Gasteiger partial charge on any atom is 0.338 e. The lowest BCUT2D eigenvalue weighted by molar-refractivity contribution is 0.0690. The van der Waals surface area contributed by atoms with Crippen LogP contribution in [0.2, 0.25) is 0 Å².